The highest BCUT2D eigenvalue weighted by Crippen LogP contribution is 2.45. The Hall–Kier alpha value is 0.0800. The molecule has 0 bridgehead atoms. The van der Waals surface area contributed by atoms with Crippen LogP contribution in [0.1, 0.15) is 26.7 Å². The molecule has 0 aromatic rings. The molecule has 0 rings (SSSR count). The smallest absolute Gasteiger partial charge is 0.299 e. The molecule has 0 heterocycles. The molecule has 0 aliphatic carbocycles. The molecule has 0 aliphatic rings. The molecule has 0 fully saturated rings. The molecule has 3 nitrogen and oxygen atoms in total. The summed E-state index contributed by atoms with van der Waals surface area (Å²) in [5, 5.41) is 0. The SMILES string of the molecule is CCC(CC)OP(=O)(O)F. The van der Waals surface area contributed by atoms with Crippen molar-refractivity contribution in [3.8, 4) is 0 Å². The van der Waals surface area contributed by atoms with Crippen LogP contribution in [0.2, 0.25) is 0 Å². The fourth-order valence-electron chi connectivity index (χ4n) is 0.622. The van der Waals surface area contributed by atoms with E-state index in [4.69, 9.17) is 4.89 Å². The molecule has 62 valence electrons. The van der Waals surface area contributed by atoms with E-state index in [1.807, 2.05) is 0 Å². The number of hydrogen-bond donors (Lipinski definition) is 1. The number of rotatable bonds is 4. The van der Waals surface area contributed by atoms with Gasteiger partial charge in [-0.25, -0.2) is 4.57 Å². The van der Waals surface area contributed by atoms with E-state index in [0.717, 1.165) is 0 Å². The van der Waals surface area contributed by atoms with Crippen molar-refractivity contribution < 1.29 is 18.2 Å². The van der Waals surface area contributed by atoms with Gasteiger partial charge >= 0.3 is 7.91 Å². The highest BCUT2D eigenvalue weighted by molar-refractivity contribution is 7.46. The molecule has 0 aromatic heterocycles. The fraction of sp³-hybridized carbons (Fsp3) is 1.00. The van der Waals surface area contributed by atoms with E-state index in [0.29, 0.717) is 12.8 Å². The molecular formula is C5H12FO3P. The Morgan fingerprint density at radius 3 is 2.10 bits per heavy atom. The van der Waals surface area contributed by atoms with Gasteiger partial charge in [0.15, 0.2) is 0 Å². The molecular weight excluding hydrogens is 158 g/mol. The lowest BCUT2D eigenvalue weighted by Gasteiger charge is -2.11. The van der Waals surface area contributed by atoms with Crippen LogP contribution in [0.15, 0.2) is 0 Å². The molecule has 0 aliphatic heterocycles. The average Bonchev–Trinajstić information content (AvgIpc) is 1.81. The summed E-state index contributed by atoms with van der Waals surface area (Å²) in [7, 11) is -4.75. The second-order valence-electron chi connectivity index (χ2n) is 2.00. The van der Waals surface area contributed by atoms with Gasteiger partial charge in [-0.15, -0.1) is 4.20 Å². The molecule has 0 saturated heterocycles. The Morgan fingerprint density at radius 1 is 1.60 bits per heavy atom. The largest absolute Gasteiger partial charge is 0.510 e. The lowest BCUT2D eigenvalue weighted by Crippen LogP contribution is -2.06. The van der Waals surface area contributed by atoms with Crippen LogP contribution in [-0.4, -0.2) is 11.0 Å². The lowest BCUT2D eigenvalue weighted by molar-refractivity contribution is 0.145. The first-order valence-corrected chi connectivity index (χ1v) is 4.67. The van der Waals surface area contributed by atoms with Gasteiger partial charge in [0.1, 0.15) is 0 Å². The van der Waals surface area contributed by atoms with Crippen LogP contribution in [0.4, 0.5) is 4.20 Å². The Morgan fingerprint density at radius 2 is 2.00 bits per heavy atom. The highest BCUT2D eigenvalue weighted by atomic mass is 31.2. The van der Waals surface area contributed by atoms with Gasteiger partial charge in [0.25, 0.3) is 0 Å². The van der Waals surface area contributed by atoms with Crippen molar-refractivity contribution in [1.29, 1.82) is 0 Å². The number of halogens is 1. The maximum atomic E-state index is 11.9. The summed E-state index contributed by atoms with van der Waals surface area (Å²) in [4.78, 5) is 8.12. The third-order valence-corrected chi connectivity index (χ3v) is 1.75. The van der Waals surface area contributed by atoms with Crippen LogP contribution >= 0.6 is 7.91 Å². The van der Waals surface area contributed by atoms with E-state index in [1.54, 1.807) is 13.8 Å². The van der Waals surface area contributed by atoms with Crippen molar-refractivity contribution >= 4 is 7.91 Å². The predicted octanol–water partition coefficient (Wildman–Crippen LogP) is 2.26. The molecule has 1 atom stereocenters. The quantitative estimate of drug-likeness (QED) is 0.658. The Bertz CT molecular complexity index is 129. The molecule has 10 heavy (non-hydrogen) atoms. The van der Waals surface area contributed by atoms with Crippen LogP contribution in [0.5, 0.6) is 0 Å². The summed E-state index contributed by atoms with van der Waals surface area (Å²) < 4.78 is 26.1. The van der Waals surface area contributed by atoms with Crippen molar-refractivity contribution in [2.24, 2.45) is 0 Å². The minimum absolute atomic E-state index is 0.444. The van der Waals surface area contributed by atoms with Crippen molar-refractivity contribution in [2.75, 3.05) is 0 Å². The molecule has 0 spiro atoms. The van der Waals surface area contributed by atoms with Crippen molar-refractivity contribution in [2.45, 2.75) is 32.8 Å². The first-order chi connectivity index (χ1) is 4.49. The summed E-state index contributed by atoms with van der Waals surface area (Å²) >= 11 is 0. The fourth-order valence-corrected chi connectivity index (χ4v) is 1.29. The van der Waals surface area contributed by atoms with E-state index in [9.17, 15) is 8.76 Å². The van der Waals surface area contributed by atoms with Gasteiger partial charge in [-0.3, -0.25) is 9.42 Å². The minimum atomic E-state index is -4.75. The Kier molecular flexibility index (Phi) is 4.09. The second kappa shape index (κ2) is 4.06. The predicted molar refractivity (Wildman–Crippen MR) is 36.4 cm³/mol. The van der Waals surface area contributed by atoms with Crippen LogP contribution in [-0.2, 0) is 9.09 Å². The standard InChI is InChI=1S/C5H12FO3P/c1-3-5(4-2)9-10(6,7)8/h5H,3-4H2,1-2H3,(H,7,8). The van der Waals surface area contributed by atoms with Gasteiger partial charge in [0.2, 0.25) is 0 Å². The molecule has 0 radical (unpaired) electrons. The van der Waals surface area contributed by atoms with Gasteiger partial charge < -0.3 is 0 Å². The van der Waals surface area contributed by atoms with Crippen molar-refractivity contribution in [3.63, 3.8) is 0 Å². The molecule has 5 heteroatoms. The van der Waals surface area contributed by atoms with Crippen molar-refractivity contribution in [3.05, 3.63) is 0 Å². The van der Waals surface area contributed by atoms with Crippen LogP contribution in [0.3, 0.4) is 0 Å². The molecule has 0 amide bonds. The van der Waals surface area contributed by atoms with E-state index < -0.39 is 14.0 Å². The van der Waals surface area contributed by atoms with E-state index in [1.165, 1.54) is 0 Å². The monoisotopic (exact) mass is 170 g/mol. The third-order valence-electron chi connectivity index (χ3n) is 1.19. The average molecular weight is 170 g/mol. The van der Waals surface area contributed by atoms with Gasteiger partial charge in [0.05, 0.1) is 6.10 Å². The Labute approximate surface area is 59.9 Å². The minimum Gasteiger partial charge on any atom is -0.299 e. The maximum Gasteiger partial charge on any atom is 0.510 e. The zero-order chi connectivity index (χ0) is 8.20. The van der Waals surface area contributed by atoms with Gasteiger partial charge in [-0.2, -0.15) is 0 Å². The van der Waals surface area contributed by atoms with E-state index >= 15 is 0 Å². The lowest BCUT2D eigenvalue weighted by atomic mass is 10.2. The topological polar surface area (TPSA) is 46.5 Å². The highest BCUT2D eigenvalue weighted by Gasteiger charge is 2.21. The van der Waals surface area contributed by atoms with E-state index in [-0.39, 0.29) is 0 Å². The number of hydrogen-bond acceptors (Lipinski definition) is 2. The summed E-state index contributed by atoms with van der Waals surface area (Å²) in [5.41, 5.74) is 0. The molecule has 1 N–H and O–H groups in total. The van der Waals surface area contributed by atoms with Gasteiger partial charge in [-0.05, 0) is 12.8 Å². The second-order valence-corrected chi connectivity index (χ2v) is 3.11. The normalized spacial score (nSPS) is 17.3. The maximum absolute atomic E-state index is 11.9. The summed E-state index contributed by atoms with van der Waals surface area (Å²) in [6, 6.07) is 0. The van der Waals surface area contributed by atoms with Gasteiger partial charge in [-0.1, -0.05) is 13.8 Å². The first-order valence-electron chi connectivity index (χ1n) is 3.20. The van der Waals surface area contributed by atoms with Gasteiger partial charge in [0, 0.05) is 0 Å². The summed E-state index contributed by atoms with van der Waals surface area (Å²) in [6.07, 6.45) is 0.650. The Balaban J connectivity index is 3.75. The zero-order valence-corrected chi connectivity index (χ0v) is 6.97. The van der Waals surface area contributed by atoms with Crippen molar-refractivity contribution in [1.82, 2.24) is 0 Å². The zero-order valence-electron chi connectivity index (χ0n) is 6.08. The van der Waals surface area contributed by atoms with Crippen LogP contribution in [0, 0.1) is 0 Å². The summed E-state index contributed by atoms with van der Waals surface area (Å²) in [6.45, 7) is 3.54. The summed E-state index contributed by atoms with van der Waals surface area (Å²) in [5.74, 6) is 0. The van der Waals surface area contributed by atoms with Crippen LogP contribution < -0.4 is 0 Å². The van der Waals surface area contributed by atoms with Crippen LogP contribution in [0.25, 0.3) is 0 Å². The molecule has 0 saturated carbocycles. The first kappa shape index (κ1) is 10.1. The molecule has 0 aromatic carbocycles. The molecule has 1 unspecified atom stereocenters. The van der Waals surface area contributed by atoms with E-state index in [2.05, 4.69) is 4.52 Å². The third kappa shape index (κ3) is 4.91.